The van der Waals surface area contributed by atoms with Gasteiger partial charge < -0.3 is 19.2 Å². The minimum atomic E-state index is -0.812. The smallest absolute Gasteiger partial charge is 0.295 e. The summed E-state index contributed by atoms with van der Waals surface area (Å²) in [7, 11) is 0. The second-order valence-corrected chi connectivity index (χ2v) is 8.37. The number of pyridine rings is 1. The number of amides is 1. The van der Waals surface area contributed by atoms with E-state index in [0.29, 0.717) is 54.9 Å². The van der Waals surface area contributed by atoms with Gasteiger partial charge in [0.25, 0.3) is 11.7 Å². The Morgan fingerprint density at radius 3 is 2.64 bits per heavy atom. The summed E-state index contributed by atoms with van der Waals surface area (Å²) in [5.41, 5.74) is 1.62. The van der Waals surface area contributed by atoms with Crippen LogP contribution < -0.4 is 0 Å². The summed E-state index contributed by atoms with van der Waals surface area (Å²) in [5.74, 6) is -0.511. The van der Waals surface area contributed by atoms with Crippen LogP contribution in [-0.2, 0) is 14.3 Å². The van der Waals surface area contributed by atoms with Crippen LogP contribution in [0, 0.1) is 13.8 Å². The van der Waals surface area contributed by atoms with Crippen molar-refractivity contribution in [1.29, 1.82) is 0 Å². The Labute approximate surface area is 190 Å². The zero-order valence-electron chi connectivity index (χ0n) is 18.7. The van der Waals surface area contributed by atoms with Crippen LogP contribution in [0.1, 0.15) is 29.0 Å². The van der Waals surface area contributed by atoms with E-state index in [4.69, 9.17) is 9.15 Å². The maximum absolute atomic E-state index is 13.2. The Morgan fingerprint density at radius 2 is 1.91 bits per heavy atom. The molecule has 5 rings (SSSR count). The van der Waals surface area contributed by atoms with Crippen molar-refractivity contribution < 1.29 is 23.8 Å². The fraction of sp³-hybridized carbons (Fsp3) is 0.375. The first-order valence-corrected chi connectivity index (χ1v) is 11.0. The molecule has 0 aromatic carbocycles. The van der Waals surface area contributed by atoms with Gasteiger partial charge in [-0.1, -0.05) is 6.07 Å². The SMILES string of the molecule is Cc1ccc([C@@H]2C(=C(O)c3c(C)nc4ccccn34)C(=O)C(=O)N2CCN2CCOCC2)o1. The van der Waals surface area contributed by atoms with Gasteiger partial charge >= 0.3 is 0 Å². The van der Waals surface area contributed by atoms with Crippen molar-refractivity contribution in [2.45, 2.75) is 19.9 Å². The highest BCUT2D eigenvalue weighted by Gasteiger charge is 2.48. The summed E-state index contributed by atoms with van der Waals surface area (Å²) in [6, 6.07) is 8.21. The number of hydrogen-bond donors (Lipinski definition) is 1. The maximum atomic E-state index is 13.2. The first-order chi connectivity index (χ1) is 16.0. The minimum Gasteiger partial charge on any atom is -0.505 e. The summed E-state index contributed by atoms with van der Waals surface area (Å²) in [6.07, 6.45) is 1.77. The molecule has 3 aromatic heterocycles. The van der Waals surface area contributed by atoms with Gasteiger partial charge in [0.15, 0.2) is 5.76 Å². The van der Waals surface area contributed by atoms with E-state index in [2.05, 4.69) is 9.88 Å². The molecule has 9 heteroatoms. The number of carbonyl (C=O) groups excluding carboxylic acids is 2. The summed E-state index contributed by atoms with van der Waals surface area (Å²) in [6.45, 7) is 7.34. The highest BCUT2D eigenvalue weighted by molar-refractivity contribution is 6.46. The van der Waals surface area contributed by atoms with Gasteiger partial charge in [-0.25, -0.2) is 4.98 Å². The number of imidazole rings is 1. The number of hydrogen-bond acceptors (Lipinski definition) is 7. The van der Waals surface area contributed by atoms with Gasteiger partial charge in [-0.05, 0) is 38.1 Å². The average Bonchev–Trinajstić information content (AvgIpc) is 3.46. The number of aliphatic hydroxyl groups excluding tert-OH is 1. The van der Waals surface area contributed by atoms with Gasteiger partial charge in [0, 0.05) is 32.4 Å². The van der Waals surface area contributed by atoms with Gasteiger partial charge in [-0.15, -0.1) is 0 Å². The molecule has 1 N–H and O–H groups in total. The number of carbonyl (C=O) groups is 2. The third-order valence-corrected chi connectivity index (χ3v) is 6.26. The number of nitrogens with zero attached hydrogens (tertiary/aromatic N) is 4. The molecule has 2 saturated heterocycles. The number of ether oxygens (including phenoxy) is 1. The van der Waals surface area contributed by atoms with E-state index in [1.54, 1.807) is 36.6 Å². The second-order valence-electron chi connectivity index (χ2n) is 8.37. The molecule has 172 valence electrons. The van der Waals surface area contributed by atoms with Crippen LogP contribution in [0.4, 0.5) is 0 Å². The van der Waals surface area contributed by atoms with Gasteiger partial charge in [-0.2, -0.15) is 0 Å². The first-order valence-electron chi connectivity index (χ1n) is 11.0. The number of aliphatic hydroxyl groups is 1. The molecule has 2 aliphatic heterocycles. The third-order valence-electron chi connectivity index (χ3n) is 6.26. The Hall–Kier alpha value is -3.43. The van der Waals surface area contributed by atoms with Gasteiger partial charge in [0.05, 0.1) is 24.5 Å². The average molecular weight is 450 g/mol. The van der Waals surface area contributed by atoms with Crippen LogP contribution in [0.2, 0.25) is 0 Å². The van der Waals surface area contributed by atoms with Crippen LogP contribution in [-0.4, -0.2) is 75.4 Å². The molecular formula is C24H26N4O5. The fourth-order valence-electron chi connectivity index (χ4n) is 4.61. The normalized spacial score (nSPS) is 21.4. The summed E-state index contributed by atoms with van der Waals surface area (Å²) in [5, 5.41) is 11.4. The van der Waals surface area contributed by atoms with E-state index >= 15 is 0 Å². The number of Topliss-reactive ketones (excluding diaryl/α,β-unsaturated/α-hetero) is 1. The number of ketones is 1. The van der Waals surface area contributed by atoms with Crippen molar-refractivity contribution in [3.05, 3.63) is 65.0 Å². The minimum absolute atomic E-state index is 0.0186. The topological polar surface area (TPSA) is 101 Å². The molecule has 2 fully saturated rings. The predicted molar refractivity (Wildman–Crippen MR) is 120 cm³/mol. The van der Waals surface area contributed by atoms with Crippen LogP contribution in [0.25, 0.3) is 11.4 Å². The third kappa shape index (κ3) is 3.73. The van der Waals surface area contributed by atoms with E-state index < -0.39 is 17.7 Å². The van der Waals surface area contributed by atoms with Crippen molar-refractivity contribution in [3.8, 4) is 0 Å². The second kappa shape index (κ2) is 8.49. The zero-order chi connectivity index (χ0) is 23.1. The molecule has 0 spiro atoms. The first kappa shape index (κ1) is 21.4. The van der Waals surface area contributed by atoms with Gasteiger partial charge in [-0.3, -0.25) is 18.9 Å². The lowest BCUT2D eigenvalue weighted by molar-refractivity contribution is -0.140. The molecule has 0 saturated carbocycles. The molecule has 2 aliphatic rings. The number of aryl methyl sites for hydroxylation is 2. The van der Waals surface area contributed by atoms with E-state index in [9.17, 15) is 14.7 Å². The lowest BCUT2D eigenvalue weighted by Gasteiger charge is -2.30. The van der Waals surface area contributed by atoms with E-state index in [1.165, 1.54) is 4.90 Å². The number of rotatable bonds is 5. The molecule has 33 heavy (non-hydrogen) atoms. The maximum Gasteiger partial charge on any atom is 0.295 e. The van der Waals surface area contributed by atoms with Crippen LogP contribution in [0.3, 0.4) is 0 Å². The molecule has 0 bridgehead atoms. The molecule has 5 heterocycles. The number of morpholine rings is 1. The van der Waals surface area contributed by atoms with Crippen LogP contribution >= 0.6 is 0 Å². The lowest BCUT2D eigenvalue weighted by Crippen LogP contribution is -2.42. The standard InChI is InChI=1S/C24H26N4O5/c1-15-6-7-17(33-15)21-19(22(29)20-16(2)25-18-5-3-4-8-27(18)20)23(30)24(31)28(21)10-9-26-11-13-32-14-12-26/h3-8,21,29H,9-14H2,1-2H3/t21-/m1/s1. The molecule has 1 amide bonds. The van der Waals surface area contributed by atoms with Crippen molar-refractivity contribution in [2.75, 3.05) is 39.4 Å². The highest BCUT2D eigenvalue weighted by atomic mass is 16.5. The van der Waals surface area contributed by atoms with E-state index in [-0.39, 0.29) is 11.3 Å². The Kier molecular flexibility index (Phi) is 5.51. The predicted octanol–water partition coefficient (Wildman–Crippen LogP) is 2.30. The van der Waals surface area contributed by atoms with Crippen LogP contribution in [0.15, 0.2) is 46.5 Å². The summed E-state index contributed by atoms with van der Waals surface area (Å²) < 4.78 is 13.0. The highest BCUT2D eigenvalue weighted by Crippen LogP contribution is 2.40. The number of likely N-dealkylation sites (tertiary alicyclic amines) is 1. The molecule has 3 aromatic rings. The molecule has 0 radical (unpaired) electrons. The monoisotopic (exact) mass is 450 g/mol. The Bertz CT molecular complexity index is 1250. The van der Waals surface area contributed by atoms with E-state index in [1.807, 2.05) is 18.2 Å². The number of furan rings is 1. The van der Waals surface area contributed by atoms with Crippen LogP contribution in [0.5, 0.6) is 0 Å². The van der Waals surface area contributed by atoms with Crippen molar-refractivity contribution in [1.82, 2.24) is 19.2 Å². The molecule has 9 nitrogen and oxygen atoms in total. The van der Waals surface area contributed by atoms with Crippen molar-refractivity contribution in [3.63, 3.8) is 0 Å². The molecular weight excluding hydrogens is 424 g/mol. The van der Waals surface area contributed by atoms with E-state index in [0.717, 1.165) is 13.1 Å². The molecule has 0 unspecified atom stereocenters. The van der Waals surface area contributed by atoms with Crippen molar-refractivity contribution in [2.24, 2.45) is 0 Å². The number of aromatic nitrogens is 2. The largest absolute Gasteiger partial charge is 0.505 e. The molecule has 1 atom stereocenters. The Balaban J connectivity index is 1.59. The quantitative estimate of drug-likeness (QED) is 0.362. The number of fused-ring (bicyclic) bond motifs is 1. The van der Waals surface area contributed by atoms with Gasteiger partial charge in [0.2, 0.25) is 0 Å². The molecule has 0 aliphatic carbocycles. The fourth-order valence-corrected chi connectivity index (χ4v) is 4.61. The zero-order valence-corrected chi connectivity index (χ0v) is 18.7. The summed E-state index contributed by atoms with van der Waals surface area (Å²) >= 11 is 0. The van der Waals surface area contributed by atoms with Gasteiger partial charge in [0.1, 0.15) is 28.9 Å². The lowest BCUT2D eigenvalue weighted by atomic mass is 10.0. The Morgan fingerprint density at radius 1 is 1.12 bits per heavy atom. The summed E-state index contributed by atoms with van der Waals surface area (Å²) in [4.78, 5) is 34.5. The van der Waals surface area contributed by atoms with Crippen molar-refractivity contribution >= 4 is 23.1 Å².